The Bertz CT molecular complexity index is 774. The van der Waals surface area contributed by atoms with Gasteiger partial charge in [-0.1, -0.05) is 60.7 Å². The number of phenolic OH excluding ortho intramolecular Hbond substituents is 1. The molecule has 0 heterocycles. The lowest BCUT2D eigenvalue weighted by molar-refractivity contribution is 0.373. The van der Waals surface area contributed by atoms with Crippen LogP contribution in [0.25, 0.3) is 0 Å². The third-order valence-electron chi connectivity index (χ3n) is 3.81. The molecule has 3 heteroatoms. The van der Waals surface area contributed by atoms with Gasteiger partial charge in [-0.25, -0.2) is 0 Å². The van der Waals surface area contributed by atoms with Crippen molar-refractivity contribution in [3.8, 4) is 11.5 Å². The second kappa shape index (κ2) is 7.47. The van der Waals surface area contributed by atoms with Crippen LogP contribution in [0, 0.1) is 0 Å². The van der Waals surface area contributed by atoms with Crippen LogP contribution in [-0.2, 0) is 0 Å². The summed E-state index contributed by atoms with van der Waals surface area (Å²) < 4.78 is 5.15. The molecule has 0 aliphatic carbocycles. The summed E-state index contributed by atoms with van der Waals surface area (Å²) in [5.41, 5.74) is 3.14. The van der Waals surface area contributed by atoms with Gasteiger partial charge in [-0.2, -0.15) is 0 Å². The molecule has 0 aliphatic rings. The second-order valence-corrected chi connectivity index (χ2v) is 5.43. The molecule has 3 nitrogen and oxygen atoms in total. The average molecular weight is 317 g/mol. The van der Waals surface area contributed by atoms with Crippen molar-refractivity contribution in [3.63, 3.8) is 0 Å². The number of aliphatic imine (C=N–C) groups is 1. The minimum atomic E-state index is -0.0767. The van der Waals surface area contributed by atoms with E-state index in [4.69, 9.17) is 9.73 Å². The van der Waals surface area contributed by atoms with Crippen molar-refractivity contribution >= 4 is 6.21 Å². The van der Waals surface area contributed by atoms with Crippen LogP contribution in [0.5, 0.6) is 11.5 Å². The number of phenols is 1. The fraction of sp³-hybridized carbons (Fsp3) is 0.0952. The van der Waals surface area contributed by atoms with E-state index in [0.29, 0.717) is 5.75 Å². The summed E-state index contributed by atoms with van der Waals surface area (Å²) in [6.45, 7) is 0. The van der Waals surface area contributed by atoms with Crippen LogP contribution in [0.1, 0.15) is 22.7 Å². The lowest BCUT2D eigenvalue weighted by atomic mass is 9.99. The van der Waals surface area contributed by atoms with Crippen LogP contribution in [0.15, 0.2) is 83.9 Å². The summed E-state index contributed by atoms with van der Waals surface area (Å²) in [5, 5.41) is 9.70. The molecule has 0 atom stereocenters. The van der Waals surface area contributed by atoms with Crippen molar-refractivity contribution in [1.82, 2.24) is 0 Å². The Balaban J connectivity index is 1.95. The standard InChI is InChI=1S/C21H19NO2/c1-24-20-14-16(12-13-19(20)23)15-22-21(17-8-4-2-5-9-17)18-10-6-3-7-11-18/h2-15,21,23H,1H3. The third kappa shape index (κ3) is 3.63. The molecule has 0 bridgehead atoms. The topological polar surface area (TPSA) is 41.8 Å². The van der Waals surface area contributed by atoms with Crippen molar-refractivity contribution in [1.29, 1.82) is 0 Å². The minimum Gasteiger partial charge on any atom is -0.504 e. The molecule has 0 unspecified atom stereocenters. The monoisotopic (exact) mass is 317 g/mol. The summed E-state index contributed by atoms with van der Waals surface area (Å²) in [5.74, 6) is 0.562. The van der Waals surface area contributed by atoms with E-state index in [9.17, 15) is 5.11 Å². The van der Waals surface area contributed by atoms with Gasteiger partial charge in [0.1, 0.15) is 0 Å². The number of aromatic hydroxyl groups is 1. The van der Waals surface area contributed by atoms with E-state index in [1.54, 1.807) is 12.1 Å². The van der Waals surface area contributed by atoms with Gasteiger partial charge in [0.2, 0.25) is 0 Å². The van der Waals surface area contributed by atoms with Crippen molar-refractivity contribution in [3.05, 3.63) is 95.6 Å². The smallest absolute Gasteiger partial charge is 0.161 e. The van der Waals surface area contributed by atoms with Crippen LogP contribution in [-0.4, -0.2) is 18.4 Å². The highest BCUT2D eigenvalue weighted by Crippen LogP contribution is 2.28. The number of hydrogen-bond acceptors (Lipinski definition) is 3. The molecular formula is C21H19NO2. The molecule has 1 N–H and O–H groups in total. The Hall–Kier alpha value is -3.07. The van der Waals surface area contributed by atoms with Crippen LogP contribution in [0.2, 0.25) is 0 Å². The van der Waals surface area contributed by atoms with Gasteiger partial charge in [-0.15, -0.1) is 0 Å². The zero-order chi connectivity index (χ0) is 16.8. The predicted molar refractivity (Wildman–Crippen MR) is 97.0 cm³/mol. The zero-order valence-electron chi connectivity index (χ0n) is 13.5. The van der Waals surface area contributed by atoms with Gasteiger partial charge in [0.05, 0.1) is 13.2 Å². The third-order valence-corrected chi connectivity index (χ3v) is 3.81. The summed E-state index contributed by atoms with van der Waals surface area (Å²) in [6, 6.07) is 25.5. The van der Waals surface area contributed by atoms with Gasteiger partial charge in [0, 0.05) is 6.21 Å². The first-order valence-electron chi connectivity index (χ1n) is 7.78. The lowest BCUT2D eigenvalue weighted by Gasteiger charge is -2.13. The lowest BCUT2D eigenvalue weighted by Crippen LogP contribution is -1.99. The Kier molecular flexibility index (Phi) is 4.92. The molecule has 120 valence electrons. The number of benzene rings is 3. The molecule has 24 heavy (non-hydrogen) atoms. The molecule has 3 aromatic rings. The first-order valence-corrected chi connectivity index (χ1v) is 7.78. The summed E-state index contributed by atoms with van der Waals surface area (Å²) in [4.78, 5) is 4.78. The van der Waals surface area contributed by atoms with E-state index in [1.165, 1.54) is 7.11 Å². The van der Waals surface area contributed by atoms with Crippen LogP contribution >= 0.6 is 0 Å². The maximum Gasteiger partial charge on any atom is 0.161 e. The van der Waals surface area contributed by atoms with Gasteiger partial charge in [-0.05, 0) is 34.9 Å². The highest BCUT2D eigenvalue weighted by atomic mass is 16.5. The van der Waals surface area contributed by atoms with Gasteiger partial charge < -0.3 is 9.84 Å². The molecule has 0 aliphatic heterocycles. The van der Waals surface area contributed by atoms with E-state index in [-0.39, 0.29) is 11.8 Å². The molecule has 0 aromatic heterocycles. The zero-order valence-corrected chi connectivity index (χ0v) is 13.5. The number of ether oxygens (including phenoxy) is 1. The van der Waals surface area contributed by atoms with E-state index in [2.05, 4.69) is 24.3 Å². The van der Waals surface area contributed by atoms with E-state index in [0.717, 1.165) is 16.7 Å². The van der Waals surface area contributed by atoms with Crippen LogP contribution in [0.4, 0.5) is 0 Å². The van der Waals surface area contributed by atoms with Gasteiger partial charge in [-0.3, -0.25) is 4.99 Å². The second-order valence-electron chi connectivity index (χ2n) is 5.43. The number of rotatable bonds is 5. The maximum absolute atomic E-state index is 9.70. The van der Waals surface area contributed by atoms with Crippen LogP contribution < -0.4 is 4.74 Å². The first kappa shape index (κ1) is 15.8. The predicted octanol–water partition coefficient (Wildman–Crippen LogP) is 4.61. The fourth-order valence-electron chi connectivity index (χ4n) is 2.57. The molecule has 0 spiro atoms. The Morgan fingerprint density at radius 2 is 1.46 bits per heavy atom. The minimum absolute atomic E-state index is 0.0767. The highest BCUT2D eigenvalue weighted by molar-refractivity contribution is 5.81. The molecular weight excluding hydrogens is 298 g/mol. The quantitative estimate of drug-likeness (QED) is 0.698. The average Bonchev–Trinajstić information content (AvgIpc) is 2.65. The van der Waals surface area contributed by atoms with E-state index in [1.807, 2.05) is 48.7 Å². The van der Waals surface area contributed by atoms with E-state index < -0.39 is 0 Å². The first-order chi connectivity index (χ1) is 11.8. The Morgan fingerprint density at radius 3 is 2.00 bits per heavy atom. The largest absolute Gasteiger partial charge is 0.504 e. The molecule has 0 amide bonds. The van der Waals surface area contributed by atoms with Crippen molar-refractivity contribution in [2.24, 2.45) is 4.99 Å². The summed E-state index contributed by atoms with van der Waals surface area (Å²) in [6.07, 6.45) is 1.81. The van der Waals surface area contributed by atoms with Gasteiger partial charge >= 0.3 is 0 Å². The van der Waals surface area contributed by atoms with Crippen molar-refractivity contribution < 1.29 is 9.84 Å². The molecule has 3 aromatic carbocycles. The SMILES string of the molecule is COc1cc(C=NC(c2ccccc2)c2ccccc2)ccc1O. The summed E-state index contributed by atoms with van der Waals surface area (Å²) in [7, 11) is 1.53. The number of hydrogen-bond donors (Lipinski definition) is 1. The molecule has 0 radical (unpaired) electrons. The molecule has 3 rings (SSSR count). The maximum atomic E-state index is 9.70. The normalized spacial score (nSPS) is 11.1. The molecule has 0 saturated carbocycles. The molecule has 0 saturated heterocycles. The Morgan fingerprint density at radius 1 is 0.875 bits per heavy atom. The number of nitrogens with zero attached hydrogens (tertiary/aromatic N) is 1. The van der Waals surface area contributed by atoms with Gasteiger partial charge in [0.15, 0.2) is 11.5 Å². The van der Waals surface area contributed by atoms with E-state index >= 15 is 0 Å². The van der Waals surface area contributed by atoms with Crippen LogP contribution in [0.3, 0.4) is 0 Å². The number of methoxy groups -OCH3 is 1. The highest BCUT2D eigenvalue weighted by Gasteiger charge is 2.11. The Labute approximate surface area is 141 Å². The van der Waals surface area contributed by atoms with Gasteiger partial charge in [0.25, 0.3) is 0 Å². The van der Waals surface area contributed by atoms with Crippen molar-refractivity contribution in [2.45, 2.75) is 6.04 Å². The fourth-order valence-corrected chi connectivity index (χ4v) is 2.57. The summed E-state index contributed by atoms with van der Waals surface area (Å²) >= 11 is 0. The van der Waals surface area contributed by atoms with Crippen molar-refractivity contribution in [2.75, 3.05) is 7.11 Å². The molecule has 0 fully saturated rings.